The number of para-hydroxylation sites is 1. The second-order valence-electron chi connectivity index (χ2n) is 6.27. The first-order chi connectivity index (χ1) is 14.5. The monoisotopic (exact) mass is 447 g/mol. The van der Waals surface area contributed by atoms with Crippen LogP contribution in [0.15, 0.2) is 53.7 Å². The lowest BCUT2D eigenvalue weighted by Gasteiger charge is -2.17. The number of benzene rings is 1. The minimum Gasteiger partial charge on any atom is -0.480 e. The lowest BCUT2D eigenvalue weighted by Crippen LogP contribution is -2.25. The van der Waals surface area contributed by atoms with E-state index in [0.717, 1.165) is 0 Å². The third-order valence-corrected chi connectivity index (χ3v) is 6.17. The first kappa shape index (κ1) is 22.0. The van der Waals surface area contributed by atoms with Crippen LogP contribution in [0.1, 0.15) is 32.2 Å². The number of allylic oxidation sites excluding steroid dienone is 1. The van der Waals surface area contributed by atoms with Gasteiger partial charge in [-0.3, -0.25) is 9.36 Å². The van der Waals surface area contributed by atoms with Crippen molar-refractivity contribution in [2.75, 3.05) is 5.32 Å². The van der Waals surface area contributed by atoms with Gasteiger partial charge in [0.25, 0.3) is 0 Å². The number of nitrogens with one attached hydrogen (secondary N) is 1. The summed E-state index contributed by atoms with van der Waals surface area (Å²) in [5.74, 6) is 0.0684. The third-order valence-electron chi connectivity index (χ3n) is 4.13. The molecule has 2 atom stereocenters. The van der Waals surface area contributed by atoms with E-state index in [2.05, 4.69) is 27.1 Å². The molecule has 0 spiro atoms. The number of nitrogens with zero attached hydrogens (tertiary/aromatic N) is 4. The molecule has 2 aromatic heterocycles. The van der Waals surface area contributed by atoms with Crippen LogP contribution in [0.2, 0.25) is 0 Å². The molecule has 3 aromatic rings. The van der Waals surface area contributed by atoms with Gasteiger partial charge in [0.2, 0.25) is 5.91 Å². The molecule has 1 aromatic carbocycles. The summed E-state index contributed by atoms with van der Waals surface area (Å²) in [5, 5.41) is 13.8. The predicted octanol–water partition coefficient (Wildman–Crippen LogP) is 4.71. The van der Waals surface area contributed by atoms with Gasteiger partial charge in [-0.2, -0.15) is 0 Å². The topological polar surface area (TPSA) is 81.9 Å². The van der Waals surface area contributed by atoms with Crippen molar-refractivity contribution in [3.8, 4) is 5.75 Å². The molecule has 0 aliphatic carbocycles. The van der Waals surface area contributed by atoms with E-state index in [9.17, 15) is 9.18 Å². The van der Waals surface area contributed by atoms with Gasteiger partial charge in [0.1, 0.15) is 0 Å². The van der Waals surface area contributed by atoms with Gasteiger partial charge in [0.15, 0.2) is 33.8 Å². The van der Waals surface area contributed by atoms with E-state index in [1.165, 1.54) is 29.2 Å². The van der Waals surface area contributed by atoms with E-state index in [4.69, 9.17) is 4.74 Å². The number of anilines is 1. The minimum atomic E-state index is -0.548. The average Bonchev–Trinajstić information content (AvgIpc) is 3.38. The van der Waals surface area contributed by atoms with Crippen LogP contribution in [0.3, 0.4) is 0 Å². The van der Waals surface area contributed by atoms with Crippen LogP contribution in [-0.4, -0.2) is 30.9 Å². The molecule has 1 amide bonds. The largest absolute Gasteiger partial charge is 0.480 e. The molecular formula is C20H22FN5O2S2. The summed E-state index contributed by atoms with van der Waals surface area (Å²) >= 11 is 2.67. The highest BCUT2D eigenvalue weighted by atomic mass is 32.2. The van der Waals surface area contributed by atoms with E-state index in [1.54, 1.807) is 42.8 Å². The average molecular weight is 448 g/mol. The molecule has 158 valence electrons. The van der Waals surface area contributed by atoms with Gasteiger partial charge in [-0.25, -0.2) is 9.37 Å². The predicted molar refractivity (Wildman–Crippen MR) is 116 cm³/mol. The highest BCUT2D eigenvalue weighted by Crippen LogP contribution is 2.29. The normalized spacial score (nSPS) is 12.9. The van der Waals surface area contributed by atoms with Crippen LogP contribution in [-0.2, 0) is 11.3 Å². The fourth-order valence-corrected chi connectivity index (χ4v) is 4.19. The Balaban J connectivity index is 1.78. The fraction of sp³-hybridized carbons (Fsp3) is 0.300. The Morgan fingerprint density at radius 1 is 1.43 bits per heavy atom. The molecule has 0 radical (unpaired) electrons. The summed E-state index contributed by atoms with van der Waals surface area (Å²) in [6, 6.07) is 6.20. The Morgan fingerprint density at radius 2 is 2.23 bits per heavy atom. The number of carbonyl (C=O) groups excluding carboxylic acids is 1. The quantitative estimate of drug-likeness (QED) is 0.358. The van der Waals surface area contributed by atoms with Crippen molar-refractivity contribution in [2.24, 2.45) is 0 Å². The number of hydrogen-bond acceptors (Lipinski definition) is 7. The number of aromatic nitrogens is 4. The van der Waals surface area contributed by atoms with Crippen LogP contribution >= 0.6 is 23.1 Å². The number of thiazole rings is 1. The van der Waals surface area contributed by atoms with Crippen molar-refractivity contribution in [1.82, 2.24) is 19.7 Å². The van der Waals surface area contributed by atoms with E-state index in [0.29, 0.717) is 29.1 Å². The highest BCUT2D eigenvalue weighted by molar-refractivity contribution is 8.00. The summed E-state index contributed by atoms with van der Waals surface area (Å²) in [4.78, 5) is 16.7. The highest BCUT2D eigenvalue weighted by Gasteiger charge is 2.25. The Bertz CT molecular complexity index is 993. The molecule has 0 aliphatic rings. The molecule has 30 heavy (non-hydrogen) atoms. The number of halogens is 1. The Hall–Kier alpha value is -2.72. The van der Waals surface area contributed by atoms with Gasteiger partial charge in [-0.15, -0.1) is 28.1 Å². The van der Waals surface area contributed by atoms with Crippen LogP contribution in [0, 0.1) is 5.82 Å². The summed E-state index contributed by atoms with van der Waals surface area (Å²) in [6.45, 7) is 7.92. The number of rotatable bonds is 10. The van der Waals surface area contributed by atoms with Gasteiger partial charge in [0.05, 0.1) is 5.25 Å². The Labute approximate surface area is 182 Å². The first-order valence-electron chi connectivity index (χ1n) is 9.35. The second kappa shape index (κ2) is 10.4. The molecule has 0 aliphatic heterocycles. The zero-order valence-electron chi connectivity index (χ0n) is 16.6. The van der Waals surface area contributed by atoms with Crippen LogP contribution in [0.5, 0.6) is 5.75 Å². The lowest BCUT2D eigenvalue weighted by molar-refractivity contribution is -0.115. The van der Waals surface area contributed by atoms with Gasteiger partial charge in [-0.1, -0.05) is 36.9 Å². The van der Waals surface area contributed by atoms with Crippen LogP contribution in [0.25, 0.3) is 0 Å². The van der Waals surface area contributed by atoms with E-state index < -0.39 is 11.9 Å². The number of carbonyl (C=O) groups is 1. The third kappa shape index (κ3) is 5.25. The maximum Gasteiger partial charge on any atom is 0.239 e. The summed E-state index contributed by atoms with van der Waals surface area (Å²) in [7, 11) is 0. The molecule has 7 nitrogen and oxygen atoms in total. The van der Waals surface area contributed by atoms with Gasteiger partial charge >= 0.3 is 0 Å². The van der Waals surface area contributed by atoms with Crippen LogP contribution in [0.4, 0.5) is 9.52 Å². The molecule has 0 saturated carbocycles. The maximum absolute atomic E-state index is 13.9. The molecule has 0 saturated heterocycles. The molecule has 10 heteroatoms. The van der Waals surface area contributed by atoms with Crippen molar-refractivity contribution in [1.29, 1.82) is 0 Å². The van der Waals surface area contributed by atoms with Gasteiger partial charge < -0.3 is 10.1 Å². The fourth-order valence-electron chi connectivity index (χ4n) is 2.69. The Kier molecular flexibility index (Phi) is 7.58. The zero-order valence-corrected chi connectivity index (χ0v) is 18.3. The molecule has 2 heterocycles. The number of hydrogen-bond donors (Lipinski definition) is 1. The number of thioether (sulfide) groups is 1. The van der Waals surface area contributed by atoms with Crippen molar-refractivity contribution in [2.45, 2.75) is 43.3 Å². The molecule has 3 rings (SSSR count). The SMILES string of the molecule is C=CCn1c(SC(CC)C(=O)Nc2nccs2)nnc1C(C)Oc1ccccc1F. The minimum absolute atomic E-state index is 0.140. The lowest BCUT2D eigenvalue weighted by atomic mass is 10.3. The second-order valence-corrected chi connectivity index (χ2v) is 8.34. The molecular weight excluding hydrogens is 425 g/mol. The van der Waals surface area contributed by atoms with E-state index >= 15 is 0 Å². The van der Waals surface area contributed by atoms with Crippen molar-refractivity contribution >= 4 is 34.1 Å². The summed E-state index contributed by atoms with van der Waals surface area (Å²) < 4.78 is 21.5. The first-order valence-corrected chi connectivity index (χ1v) is 11.1. The zero-order chi connectivity index (χ0) is 21.5. The van der Waals surface area contributed by atoms with E-state index in [1.807, 2.05) is 11.5 Å². The number of ether oxygens (including phenoxy) is 1. The summed E-state index contributed by atoms with van der Waals surface area (Å²) in [6.07, 6.45) is 3.40. The molecule has 2 unspecified atom stereocenters. The Morgan fingerprint density at radius 3 is 2.90 bits per heavy atom. The summed E-state index contributed by atoms with van der Waals surface area (Å²) in [5.41, 5.74) is 0. The molecule has 0 bridgehead atoms. The van der Waals surface area contributed by atoms with Gasteiger partial charge in [0, 0.05) is 18.1 Å². The standard InChI is InChI=1S/C20H22FN5O2S2/c1-4-11-26-17(13(3)28-15-9-7-6-8-14(15)21)24-25-20(26)30-16(5-2)18(27)23-19-22-10-12-29-19/h4,6-10,12-13,16H,1,5,11H2,2-3H3,(H,22,23,27). The number of amides is 1. The van der Waals surface area contributed by atoms with Crippen molar-refractivity contribution < 1.29 is 13.9 Å². The van der Waals surface area contributed by atoms with Crippen molar-refractivity contribution in [3.63, 3.8) is 0 Å². The maximum atomic E-state index is 13.9. The van der Waals surface area contributed by atoms with Crippen molar-refractivity contribution in [3.05, 3.63) is 60.1 Å². The van der Waals surface area contributed by atoms with Crippen LogP contribution < -0.4 is 10.1 Å². The molecule has 1 N–H and O–H groups in total. The molecule has 0 fully saturated rings. The van der Waals surface area contributed by atoms with Gasteiger partial charge in [-0.05, 0) is 25.5 Å². The smallest absolute Gasteiger partial charge is 0.239 e. The van der Waals surface area contributed by atoms with E-state index in [-0.39, 0.29) is 16.9 Å².